The van der Waals surface area contributed by atoms with Crippen LogP contribution in [0.1, 0.15) is 29.2 Å². The largest absolute Gasteiger partial charge is 0.507 e. The van der Waals surface area contributed by atoms with Crippen LogP contribution in [0.2, 0.25) is 0 Å². The minimum atomic E-state index is -1.16. The summed E-state index contributed by atoms with van der Waals surface area (Å²) >= 11 is 0. The predicted octanol–water partition coefficient (Wildman–Crippen LogP) is 1.97. The van der Waals surface area contributed by atoms with Crippen molar-refractivity contribution in [1.82, 2.24) is 0 Å². The fourth-order valence-electron chi connectivity index (χ4n) is 2.41. The first-order chi connectivity index (χ1) is 10.8. The highest BCUT2D eigenvalue weighted by Gasteiger charge is 2.26. The molecule has 7 nitrogen and oxygen atoms in total. The van der Waals surface area contributed by atoms with E-state index in [2.05, 4.69) is 0 Å². The van der Waals surface area contributed by atoms with Crippen molar-refractivity contribution in [2.45, 2.75) is 19.3 Å². The van der Waals surface area contributed by atoms with E-state index in [1.165, 1.54) is 38.3 Å². The van der Waals surface area contributed by atoms with Crippen LogP contribution in [0.5, 0.6) is 17.2 Å². The molecule has 1 aromatic carbocycles. The van der Waals surface area contributed by atoms with Crippen LogP contribution in [0.15, 0.2) is 33.5 Å². The van der Waals surface area contributed by atoms with E-state index in [1.807, 2.05) is 0 Å². The Hall–Kier alpha value is -2.96. The number of phenolic OH excluding ortho intramolecular Hbond substituents is 1. The lowest BCUT2D eigenvalue weighted by molar-refractivity contribution is -0.137. The molecule has 7 heteroatoms. The zero-order chi connectivity index (χ0) is 17.1. The first-order valence-corrected chi connectivity index (χ1v) is 6.75. The van der Waals surface area contributed by atoms with Crippen molar-refractivity contribution in [3.05, 3.63) is 51.6 Å². The lowest BCUT2D eigenvalue weighted by Crippen LogP contribution is -2.17. The molecule has 1 atom stereocenters. The number of hydrogen-bond acceptors (Lipinski definition) is 6. The zero-order valence-electron chi connectivity index (χ0n) is 12.6. The summed E-state index contributed by atoms with van der Waals surface area (Å²) in [6.07, 6.45) is -0.451. The van der Waals surface area contributed by atoms with E-state index in [1.54, 1.807) is 0 Å². The molecule has 0 spiro atoms. The number of carboxylic acid groups (broad SMARTS) is 1. The summed E-state index contributed by atoms with van der Waals surface area (Å²) in [5, 5.41) is 29.0. The van der Waals surface area contributed by atoms with Crippen LogP contribution in [0.25, 0.3) is 0 Å². The average molecular weight is 320 g/mol. The molecule has 0 amide bonds. The van der Waals surface area contributed by atoms with Gasteiger partial charge in [0.05, 0.1) is 19.1 Å². The lowest BCUT2D eigenvalue weighted by atomic mass is 9.88. The van der Waals surface area contributed by atoms with E-state index in [4.69, 9.17) is 14.3 Å². The third kappa shape index (κ3) is 3.45. The number of aryl methyl sites for hydroxylation is 1. The van der Waals surface area contributed by atoms with E-state index in [-0.39, 0.29) is 28.6 Å². The fraction of sp³-hybridized carbons (Fsp3) is 0.250. The molecule has 122 valence electrons. The Balaban J connectivity index is 2.61. The van der Waals surface area contributed by atoms with Gasteiger partial charge in [0.1, 0.15) is 11.5 Å². The predicted molar refractivity (Wildman–Crippen MR) is 80.1 cm³/mol. The Morgan fingerprint density at radius 3 is 2.48 bits per heavy atom. The molecule has 0 aliphatic carbocycles. The van der Waals surface area contributed by atoms with Gasteiger partial charge in [0.2, 0.25) is 0 Å². The first-order valence-electron chi connectivity index (χ1n) is 6.75. The SMILES string of the molecule is COc1ccc([C@@H](CC(=O)O)c2c(O)cc(C)oc2=O)cc1O. The Morgan fingerprint density at radius 1 is 1.26 bits per heavy atom. The summed E-state index contributed by atoms with van der Waals surface area (Å²) in [5.41, 5.74) is -0.635. The molecule has 2 rings (SSSR count). The summed E-state index contributed by atoms with van der Waals surface area (Å²) in [7, 11) is 1.38. The molecule has 1 aromatic heterocycles. The number of methoxy groups -OCH3 is 1. The van der Waals surface area contributed by atoms with E-state index in [9.17, 15) is 19.8 Å². The van der Waals surface area contributed by atoms with E-state index < -0.39 is 23.9 Å². The number of ether oxygens (including phenoxy) is 1. The second kappa shape index (κ2) is 6.43. The smallest absolute Gasteiger partial charge is 0.343 e. The lowest BCUT2D eigenvalue weighted by Gasteiger charge is -2.17. The minimum absolute atomic E-state index is 0.164. The van der Waals surface area contributed by atoms with Crippen LogP contribution in [0.4, 0.5) is 0 Å². The fourth-order valence-corrected chi connectivity index (χ4v) is 2.41. The van der Waals surface area contributed by atoms with Crippen LogP contribution in [0, 0.1) is 6.92 Å². The van der Waals surface area contributed by atoms with Gasteiger partial charge in [-0.3, -0.25) is 4.79 Å². The molecule has 0 fully saturated rings. The molecule has 0 saturated carbocycles. The number of carboxylic acids is 1. The molecule has 0 radical (unpaired) electrons. The number of rotatable bonds is 5. The molecule has 23 heavy (non-hydrogen) atoms. The van der Waals surface area contributed by atoms with Crippen molar-refractivity contribution >= 4 is 5.97 Å². The van der Waals surface area contributed by atoms with Crippen molar-refractivity contribution in [2.75, 3.05) is 7.11 Å². The molecule has 2 aromatic rings. The minimum Gasteiger partial charge on any atom is -0.507 e. The summed E-state index contributed by atoms with van der Waals surface area (Å²) in [6.45, 7) is 1.50. The molecular weight excluding hydrogens is 304 g/mol. The van der Waals surface area contributed by atoms with Gasteiger partial charge in [-0.1, -0.05) is 6.07 Å². The summed E-state index contributed by atoms with van der Waals surface area (Å²) in [5.74, 6) is -2.26. The molecule has 0 saturated heterocycles. The van der Waals surface area contributed by atoms with Crippen molar-refractivity contribution in [3.63, 3.8) is 0 Å². The number of phenols is 1. The van der Waals surface area contributed by atoms with Crippen LogP contribution < -0.4 is 10.4 Å². The van der Waals surface area contributed by atoms with Crippen molar-refractivity contribution in [1.29, 1.82) is 0 Å². The van der Waals surface area contributed by atoms with Crippen molar-refractivity contribution in [2.24, 2.45) is 0 Å². The molecule has 0 aliphatic heterocycles. The molecule has 3 N–H and O–H groups in total. The molecular formula is C16H16O7. The number of aliphatic carboxylic acids is 1. The van der Waals surface area contributed by atoms with Crippen molar-refractivity contribution in [3.8, 4) is 17.2 Å². The van der Waals surface area contributed by atoms with Crippen LogP contribution in [-0.4, -0.2) is 28.4 Å². The standard InChI is InChI=1S/C16H16O7/c1-8-5-12(18)15(16(21)23-8)10(7-14(19)20)9-3-4-13(22-2)11(17)6-9/h3-6,10,17-18H,7H2,1-2H3,(H,19,20)/t10-/m1/s1. The molecule has 1 heterocycles. The van der Waals surface area contributed by atoms with Crippen LogP contribution in [-0.2, 0) is 4.79 Å². The topological polar surface area (TPSA) is 117 Å². The molecule has 0 bridgehead atoms. The number of carbonyl (C=O) groups is 1. The third-order valence-electron chi connectivity index (χ3n) is 3.42. The highest BCUT2D eigenvalue weighted by atomic mass is 16.5. The van der Waals surface area contributed by atoms with Gasteiger partial charge >= 0.3 is 11.6 Å². The van der Waals surface area contributed by atoms with E-state index in [0.29, 0.717) is 5.56 Å². The Labute approximate surface area is 131 Å². The van der Waals surface area contributed by atoms with Gasteiger partial charge in [0.15, 0.2) is 11.5 Å². The van der Waals surface area contributed by atoms with E-state index >= 15 is 0 Å². The van der Waals surface area contributed by atoms with Crippen molar-refractivity contribution < 1.29 is 29.3 Å². The number of hydrogen-bond donors (Lipinski definition) is 3. The maximum atomic E-state index is 12.1. The van der Waals surface area contributed by atoms with E-state index in [0.717, 1.165) is 0 Å². The summed E-state index contributed by atoms with van der Waals surface area (Å²) in [6, 6.07) is 5.51. The summed E-state index contributed by atoms with van der Waals surface area (Å²) < 4.78 is 9.89. The monoisotopic (exact) mass is 320 g/mol. The Kier molecular flexibility index (Phi) is 4.59. The van der Waals surface area contributed by atoms with Crippen LogP contribution >= 0.6 is 0 Å². The maximum Gasteiger partial charge on any atom is 0.343 e. The van der Waals surface area contributed by atoms with Gasteiger partial charge in [-0.25, -0.2) is 4.79 Å². The normalized spacial score (nSPS) is 11.9. The van der Waals surface area contributed by atoms with Gasteiger partial charge in [-0.15, -0.1) is 0 Å². The Bertz CT molecular complexity index is 792. The zero-order valence-corrected chi connectivity index (χ0v) is 12.6. The second-order valence-electron chi connectivity index (χ2n) is 5.03. The van der Waals surface area contributed by atoms with Gasteiger partial charge in [-0.2, -0.15) is 0 Å². The number of benzene rings is 1. The second-order valence-corrected chi connectivity index (χ2v) is 5.03. The van der Waals surface area contributed by atoms with Gasteiger partial charge in [0, 0.05) is 12.0 Å². The average Bonchev–Trinajstić information content (AvgIpc) is 2.44. The van der Waals surface area contributed by atoms with Gasteiger partial charge in [0.25, 0.3) is 0 Å². The Morgan fingerprint density at radius 2 is 1.96 bits per heavy atom. The van der Waals surface area contributed by atoms with Crippen LogP contribution in [0.3, 0.4) is 0 Å². The highest BCUT2D eigenvalue weighted by molar-refractivity contribution is 5.69. The summed E-state index contributed by atoms with van der Waals surface area (Å²) in [4.78, 5) is 23.2. The molecule has 0 unspecified atom stereocenters. The maximum absolute atomic E-state index is 12.1. The van der Waals surface area contributed by atoms with Gasteiger partial charge < -0.3 is 24.5 Å². The molecule has 0 aliphatic rings. The number of aromatic hydroxyl groups is 2. The van der Waals surface area contributed by atoms with Gasteiger partial charge in [-0.05, 0) is 24.6 Å². The first kappa shape index (κ1) is 16.4. The quantitative estimate of drug-likeness (QED) is 0.771. The highest BCUT2D eigenvalue weighted by Crippen LogP contribution is 2.36. The third-order valence-corrected chi connectivity index (χ3v) is 3.42.